The molecule has 0 fully saturated rings. The van der Waals surface area contributed by atoms with Gasteiger partial charge in [-0.1, -0.05) is 30.3 Å². The van der Waals surface area contributed by atoms with Crippen LogP contribution in [0.3, 0.4) is 0 Å². The first-order valence-corrected chi connectivity index (χ1v) is 6.96. The molecule has 1 unspecified atom stereocenters. The zero-order chi connectivity index (χ0) is 14.9. The minimum absolute atomic E-state index is 0.0355. The van der Waals surface area contributed by atoms with Gasteiger partial charge in [-0.2, -0.15) is 0 Å². The second kappa shape index (κ2) is 8.11. The number of nitrogens with zero attached hydrogens (tertiary/aromatic N) is 1. The predicted octanol–water partition coefficient (Wildman–Crippen LogP) is 1.72. The number of nitrogens with one attached hydrogen (secondary N) is 2. The van der Waals surface area contributed by atoms with Gasteiger partial charge in [-0.15, -0.1) is 0 Å². The molecule has 0 saturated carbocycles. The van der Waals surface area contributed by atoms with Crippen LogP contribution in [0.25, 0.3) is 0 Å². The van der Waals surface area contributed by atoms with Crippen molar-refractivity contribution in [2.45, 2.75) is 12.5 Å². The third kappa shape index (κ3) is 4.65. The van der Waals surface area contributed by atoms with Gasteiger partial charge < -0.3 is 20.2 Å². The second-order valence-corrected chi connectivity index (χ2v) is 4.68. The number of aliphatic imine (C=N–C) groups is 1. The van der Waals surface area contributed by atoms with E-state index < -0.39 is 0 Å². The molecule has 1 heterocycles. The monoisotopic (exact) mass is 287 g/mol. The Morgan fingerprint density at radius 2 is 2.00 bits per heavy atom. The van der Waals surface area contributed by atoms with Crippen molar-refractivity contribution in [3.8, 4) is 0 Å². The fraction of sp³-hybridized carbons (Fsp3) is 0.312. The highest BCUT2D eigenvalue weighted by Crippen LogP contribution is 2.13. The van der Waals surface area contributed by atoms with E-state index in [9.17, 15) is 5.11 Å². The molecule has 0 aliphatic carbocycles. The third-order valence-corrected chi connectivity index (χ3v) is 3.24. The molecule has 0 aliphatic rings. The van der Waals surface area contributed by atoms with Gasteiger partial charge in [0.25, 0.3) is 0 Å². The smallest absolute Gasteiger partial charge is 0.191 e. The fourth-order valence-corrected chi connectivity index (χ4v) is 2.04. The number of aliphatic hydroxyl groups excluding tert-OH is 1. The highest BCUT2D eigenvalue weighted by Gasteiger charge is 2.10. The molecule has 1 aromatic carbocycles. The lowest BCUT2D eigenvalue weighted by atomic mass is 10.0. The van der Waals surface area contributed by atoms with E-state index in [0.717, 1.165) is 11.3 Å². The maximum atomic E-state index is 9.53. The van der Waals surface area contributed by atoms with Crippen molar-refractivity contribution < 1.29 is 9.52 Å². The van der Waals surface area contributed by atoms with E-state index in [1.54, 1.807) is 13.3 Å². The maximum Gasteiger partial charge on any atom is 0.191 e. The third-order valence-electron chi connectivity index (χ3n) is 3.24. The van der Waals surface area contributed by atoms with Gasteiger partial charge in [0.05, 0.1) is 19.4 Å². The van der Waals surface area contributed by atoms with Crippen LogP contribution in [-0.4, -0.2) is 31.3 Å². The van der Waals surface area contributed by atoms with Gasteiger partial charge in [0.1, 0.15) is 5.76 Å². The van der Waals surface area contributed by atoms with E-state index in [1.165, 1.54) is 0 Å². The molecule has 112 valence electrons. The summed E-state index contributed by atoms with van der Waals surface area (Å²) in [7, 11) is 1.72. The first-order valence-electron chi connectivity index (χ1n) is 6.96. The Morgan fingerprint density at radius 3 is 2.62 bits per heavy atom. The van der Waals surface area contributed by atoms with Crippen LogP contribution in [0.15, 0.2) is 58.1 Å². The van der Waals surface area contributed by atoms with Crippen LogP contribution in [-0.2, 0) is 6.54 Å². The van der Waals surface area contributed by atoms with Crippen LogP contribution in [0.2, 0.25) is 0 Å². The summed E-state index contributed by atoms with van der Waals surface area (Å²) in [6.07, 6.45) is 1.64. The summed E-state index contributed by atoms with van der Waals surface area (Å²) in [4.78, 5) is 4.16. The zero-order valence-corrected chi connectivity index (χ0v) is 12.1. The van der Waals surface area contributed by atoms with Crippen LogP contribution in [0.4, 0.5) is 0 Å². The lowest BCUT2D eigenvalue weighted by Crippen LogP contribution is -2.39. The highest BCUT2D eigenvalue weighted by atomic mass is 16.3. The fourth-order valence-electron chi connectivity index (χ4n) is 2.04. The van der Waals surface area contributed by atoms with E-state index in [-0.39, 0.29) is 12.5 Å². The molecule has 0 amide bonds. The number of hydrogen-bond acceptors (Lipinski definition) is 3. The van der Waals surface area contributed by atoms with Crippen LogP contribution < -0.4 is 10.6 Å². The van der Waals surface area contributed by atoms with E-state index in [4.69, 9.17) is 4.42 Å². The molecule has 1 atom stereocenters. The van der Waals surface area contributed by atoms with Gasteiger partial charge in [-0.25, -0.2) is 0 Å². The van der Waals surface area contributed by atoms with Crippen LogP contribution in [0.5, 0.6) is 0 Å². The van der Waals surface area contributed by atoms with Gasteiger partial charge in [-0.05, 0) is 17.7 Å². The zero-order valence-electron chi connectivity index (χ0n) is 12.1. The molecule has 21 heavy (non-hydrogen) atoms. The molecular formula is C16H21N3O2. The molecule has 0 spiro atoms. The Kier molecular flexibility index (Phi) is 5.84. The van der Waals surface area contributed by atoms with Crippen LogP contribution in [0, 0.1) is 0 Å². The molecule has 0 aliphatic heterocycles. The summed E-state index contributed by atoms with van der Waals surface area (Å²) < 4.78 is 5.26. The number of guanidine groups is 1. The van der Waals surface area contributed by atoms with Gasteiger partial charge >= 0.3 is 0 Å². The first kappa shape index (κ1) is 15.1. The number of aliphatic hydroxyl groups is 1. The largest absolute Gasteiger partial charge is 0.467 e. The molecular weight excluding hydrogens is 266 g/mol. The van der Waals surface area contributed by atoms with E-state index >= 15 is 0 Å². The summed E-state index contributed by atoms with van der Waals surface area (Å²) in [5.74, 6) is 1.56. The topological polar surface area (TPSA) is 69.8 Å². The van der Waals surface area contributed by atoms with E-state index in [1.807, 2.05) is 42.5 Å². The molecule has 0 saturated heterocycles. The van der Waals surface area contributed by atoms with Gasteiger partial charge in [-0.3, -0.25) is 4.99 Å². The summed E-state index contributed by atoms with van der Waals surface area (Å²) in [5.41, 5.74) is 1.11. The van der Waals surface area contributed by atoms with Crippen LogP contribution in [0.1, 0.15) is 17.2 Å². The quantitative estimate of drug-likeness (QED) is 0.559. The maximum absolute atomic E-state index is 9.53. The number of hydrogen-bond donors (Lipinski definition) is 3. The summed E-state index contributed by atoms with van der Waals surface area (Å²) in [5, 5.41) is 15.9. The van der Waals surface area contributed by atoms with Crippen LogP contribution >= 0.6 is 0 Å². The standard InChI is InChI=1S/C16H21N3O2/c1-17-16(19-11-15-8-5-9-21-15)18-10-14(12-20)13-6-3-2-4-7-13/h2-9,14,20H,10-12H2,1H3,(H2,17,18,19). The van der Waals surface area contributed by atoms with Gasteiger partial charge in [0.2, 0.25) is 0 Å². The molecule has 5 nitrogen and oxygen atoms in total. The molecule has 0 radical (unpaired) electrons. The van der Waals surface area contributed by atoms with Crippen molar-refractivity contribution in [2.75, 3.05) is 20.2 Å². The SMILES string of the molecule is CN=C(NCc1ccco1)NCC(CO)c1ccccc1. The average Bonchev–Trinajstić information content (AvgIpc) is 3.05. The van der Waals surface area contributed by atoms with Crippen molar-refractivity contribution >= 4 is 5.96 Å². The minimum atomic E-state index is 0.0355. The molecule has 0 bridgehead atoms. The number of benzene rings is 1. The molecule has 3 N–H and O–H groups in total. The molecule has 5 heteroatoms. The second-order valence-electron chi connectivity index (χ2n) is 4.68. The highest BCUT2D eigenvalue weighted by molar-refractivity contribution is 5.79. The normalized spacial score (nSPS) is 13.0. The average molecular weight is 287 g/mol. The number of furan rings is 1. The Labute approximate surface area is 124 Å². The summed E-state index contributed by atoms with van der Waals surface area (Å²) in [6, 6.07) is 13.7. The van der Waals surface area contributed by atoms with Crippen molar-refractivity contribution in [1.29, 1.82) is 0 Å². The molecule has 2 aromatic rings. The van der Waals surface area contributed by atoms with Gasteiger partial charge in [0.15, 0.2) is 5.96 Å². The van der Waals surface area contributed by atoms with E-state index in [0.29, 0.717) is 19.0 Å². The van der Waals surface area contributed by atoms with Crippen molar-refractivity contribution in [3.05, 3.63) is 60.1 Å². The minimum Gasteiger partial charge on any atom is -0.467 e. The lowest BCUT2D eigenvalue weighted by molar-refractivity contribution is 0.265. The van der Waals surface area contributed by atoms with Crippen molar-refractivity contribution in [1.82, 2.24) is 10.6 Å². The molecule has 2 rings (SSSR count). The Morgan fingerprint density at radius 1 is 1.19 bits per heavy atom. The molecule has 1 aromatic heterocycles. The van der Waals surface area contributed by atoms with Crippen molar-refractivity contribution in [2.24, 2.45) is 4.99 Å². The summed E-state index contributed by atoms with van der Waals surface area (Å²) >= 11 is 0. The Hall–Kier alpha value is -2.27. The Balaban J connectivity index is 1.84. The van der Waals surface area contributed by atoms with E-state index in [2.05, 4.69) is 15.6 Å². The van der Waals surface area contributed by atoms with Gasteiger partial charge in [0, 0.05) is 19.5 Å². The first-order chi connectivity index (χ1) is 10.3. The predicted molar refractivity (Wildman–Crippen MR) is 83.2 cm³/mol. The summed E-state index contributed by atoms with van der Waals surface area (Å²) in [6.45, 7) is 1.27. The van der Waals surface area contributed by atoms with Crippen molar-refractivity contribution in [3.63, 3.8) is 0 Å². The lowest BCUT2D eigenvalue weighted by Gasteiger charge is -2.17. The Bertz CT molecular complexity index is 538. The number of rotatable bonds is 6.